The summed E-state index contributed by atoms with van der Waals surface area (Å²) < 4.78 is 0. The number of amides is 1. The Hall–Kier alpha value is -2.46. The molecule has 4 rings (SSSR count). The van der Waals surface area contributed by atoms with E-state index in [0.717, 1.165) is 68.6 Å². The quantitative estimate of drug-likeness (QED) is 0.750. The summed E-state index contributed by atoms with van der Waals surface area (Å²) in [6, 6.07) is 14.6. The Balaban J connectivity index is 1.51. The van der Waals surface area contributed by atoms with E-state index in [9.17, 15) is 9.59 Å². The van der Waals surface area contributed by atoms with Crippen LogP contribution in [-0.2, 0) is 24.2 Å². The van der Waals surface area contributed by atoms with Crippen molar-refractivity contribution in [1.82, 2.24) is 4.90 Å². The molecule has 4 heteroatoms. The van der Waals surface area contributed by atoms with Crippen molar-refractivity contribution >= 4 is 17.4 Å². The number of aryl methyl sites for hydroxylation is 2. The normalized spacial score (nSPS) is 18.3. The number of fused-ring (bicyclic) bond motifs is 2. The van der Waals surface area contributed by atoms with Gasteiger partial charge in [0.15, 0.2) is 5.78 Å². The minimum absolute atomic E-state index is 0.0282. The number of carbonyl (C=O) groups is 2. The van der Waals surface area contributed by atoms with Crippen LogP contribution in [0.15, 0.2) is 42.5 Å². The number of unbranched alkanes of at least 4 members (excludes halogenated alkanes) is 1. The second kappa shape index (κ2) is 8.91. The monoisotopic (exact) mass is 390 g/mol. The summed E-state index contributed by atoms with van der Waals surface area (Å²) in [4.78, 5) is 27.5. The van der Waals surface area contributed by atoms with Gasteiger partial charge in [-0.05, 0) is 55.0 Å². The number of benzene rings is 2. The van der Waals surface area contributed by atoms with Gasteiger partial charge < -0.3 is 5.32 Å². The summed E-state index contributed by atoms with van der Waals surface area (Å²) in [5, 5.41) is 2.95. The number of ketones is 1. The van der Waals surface area contributed by atoms with E-state index < -0.39 is 0 Å². The number of hydrogen-bond donors (Lipinski definition) is 1. The zero-order valence-corrected chi connectivity index (χ0v) is 17.2. The summed E-state index contributed by atoms with van der Waals surface area (Å²) in [5.74, 6) is 0.315. The van der Waals surface area contributed by atoms with Crippen LogP contribution < -0.4 is 5.32 Å². The lowest BCUT2D eigenvalue weighted by atomic mass is 9.80. The van der Waals surface area contributed by atoms with E-state index in [0.29, 0.717) is 6.42 Å². The third kappa shape index (κ3) is 4.59. The first-order valence-corrected chi connectivity index (χ1v) is 10.9. The van der Waals surface area contributed by atoms with Gasteiger partial charge in [0.25, 0.3) is 0 Å². The second-order valence-electron chi connectivity index (χ2n) is 8.39. The first kappa shape index (κ1) is 19.8. The van der Waals surface area contributed by atoms with E-state index >= 15 is 0 Å². The second-order valence-corrected chi connectivity index (χ2v) is 8.39. The minimum Gasteiger partial charge on any atom is -0.326 e. The van der Waals surface area contributed by atoms with Crippen LogP contribution in [0.25, 0.3) is 0 Å². The predicted octanol–water partition coefficient (Wildman–Crippen LogP) is 4.62. The van der Waals surface area contributed by atoms with Crippen LogP contribution in [0.3, 0.4) is 0 Å². The van der Waals surface area contributed by atoms with Crippen LogP contribution in [0.4, 0.5) is 5.69 Å². The standard InChI is InChI=1S/C25H30N2O2/c1-2-3-13-27(16-18-7-5-4-6-8-18)17-21-10-9-19-14-20-11-12-24(28)26-23(20)15-22(19)25(21)29/h4-8,14-15,21H,2-3,9-13,16-17H2,1H3,(H,26,28). The van der Waals surface area contributed by atoms with Crippen molar-refractivity contribution in [3.63, 3.8) is 0 Å². The number of rotatable bonds is 7. The van der Waals surface area contributed by atoms with E-state index in [1.165, 1.54) is 11.1 Å². The summed E-state index contributed by atoms with van der Waals surface area (Å²) in [5.41, 5.74) is 5.27. The van der Waals surface area contributed by atoms with Crippen LogP contribution in [0, 0.1) is 5.92 Å². The van der Waals surface area contributed by atoms with Gasteiger partial charge >= 0.3 is 0 Å². The highest BCUT2D eigenvalue weighted by Gasteiger charge is 2.30. The predicted molar refractivity (Wildman–Crippen MR) is 116 cm³/mol. The number of anilines is 1. The highest BCUT2D eigenvalue weighted by Crippen LogP contribution is 2.33. The molecule has 1 unspecified atom stereocenters. The molecule has 29 heavy (non-hydrogen) atoms. The lowest BCUT2D eigenvalue weighted by molar-refractivity contribution is -0.116. The number of hydrogen-bond acceptors (Lipinski definition) is 3. The lowest BCUT2D eigenvalue weighted by Crippen LogP contribution is -2.36. The molecule has 0 spiro atoms. The van der Waals surface area contributed by atoms with Gasteiger partial charge in [0.1, 0.15) is 0 Å². The molecule has 0 aromatic heterocycles. The molecule has 1 atom stereocenters. The fraction of sp³-hybridized carbons (Fsp3) is 0.440. The topological polar surface area (TPSA) is 49.4 Å². The van der Waals surface area contributed by atoms with Crippen LogP contribution >= 0.6 is 0 Å². The molecule has 1 N–H and O–H groups in total. The zero-order valence-electron chi connectivity index (χ0n) is 17.2. The average molecular weight is 391 g/mol. The Morgan fingerprint density at radius 2 is 1.86 bits per heavy atom. The number of carbonyl (C=O) groups excluding carboxylic acids is 2. The molecule has 0 saturated heterocycles. The van der Waals surface area contributed by atoms with E-state index in [-0.39, 0.29) is 17.6 Å². The molecule has 1 aliphatic carbocycles. The van der Waals surface area contributed by atoms with Crippen LogP contribution in [0.2, 0.25) is 0 Å². The molecule has 4 nitrogen and oxygen atoms in total. The van der Waals surface area contributed by atoms with Gasteiger partial charge in [-0.25, -0.2) is 0 Å². The Bertz CT molecular complexity index is 891. The molecule has 2 aromatic rings. The molecular formula is C25H30N2O2. The molecule has 0 radical (unpaired) electrons. The molecule has 1 aliphatic heterocycles. The summed E-state index contributed by atoms with van der Waals surface area (Å²) >= 11 is 0. The van der Waals surface area contributed by atoms with E-state index in [4.69, 9.17) is 0 Å². The summed E-state index contributed by atoms with van der Waals surface area (Å²) in [7, 11) is 0. The molecule has 2 aliphatic rings. The minimum atomic E-state index is 0.0282. The largest absolute Gasteiger partial charge is 0.326 e. The average Bonchev–Trinajstić information content (AvgIpc) is 2.73. The van der Waals surface area contributed by atoms with Crippen LogP contribution in [0.1, 0.15) is 59.7 Å². The molecule has 1 amide bonds. The van der Waals surface area contributed by atoms with Gasteiger partial charge in [0, 0.05) is 36.7 Å². The number of nitrogens with one attached hydrogen (secondary N) is 1. The van der Waals surface area contributed by atoms with Gasteiger partial charge in [0.05, 0.1) is 0 Å². The maximum atomic E-state index is 13.3. The van der Waals surface area contributed by atoms with Crippen molar-refractivity contribution < 1.29 is 9.59 Å². The molecule has 2 aromatic carbocycles. The van der Waals surface area contributed by atoms with Gasteiger partial charge in [0.2, 0.25) is 5.91 Å². The smallest absolute Gasteiger partial charge is 0.224 e. The maximum absolute atomic E-state index is 13.3. The first-order chi connectivity index (χ1) is 14.1. The molecule has 0 fully saturated rings. The fourth-order valence-electron chi connectivity index (χ4n) is 4.54. The van der Waals surface area contributed by atoms with Crippen molar-refractivity contribution in [2.75, 3.05) is 18.4 Å². The van der Waals surface area contributed by atoms with Crippen LogP contribution in [0.5, 0.6) is 0 Å². The molecular weight excluding hydrogens is 360 g/mol. The molecule has 0 saturated carbocycles. The third-order valence-corrected chi connectivity index (χ3v) is 6.18. The maximum Gasteiger partial charge on any atom is 0.224 e. The molecule has 0 bridgehead atoms. The SMILES string of the molecule is CCCCN(Cc1ccccc1)CC1CCc2cc3c(cc2C1=O)NC(=O)CC3. The van der Waals surface area contributed by atoms with E-state index in [1.807, 2.05) is 12.1 Å². The Morgan fingerprint density at radius 1 is 1.03 bits per heavy atom. The Labute approximate surface area is 173 Å². The van der Waals surface area contributed by atoms with Crippen LogP contribution in [-0.4, -0.2) is 29.7 Å². The van der Waals surface area contributed by atoms with Crippen molar-refractivity contribution in [1.29, 1.82) is 0 Å². The third-order valence-electron chi connectivity index (χ3n) is 6.18. The number of Topliss-reactive ketones (excluding diaryl/α,β-unsaturated/α-hetero) is 1. The molecule has 1 heterocycles. The van der Waals surface area contributed by atoms with Gasteiger partial charge in [-0.2, -0.15) is 0 Å². The van der Waals surface area contributed by atoms with E-state index in [1.54, 1.807) is 0 Å². The first-order valence-electron chi connectivity index (χ1n) is 10.9. The van der Waals surface area contributed by atoms with Gasteiger partial charge in [-0.1, -0.05) is 49.7 Å². The Kier molecular flexibility index (Phi) is 6.10. The highest BCUT2D eigenvalue weighted by molar-refractivity contribution is 6.03. The van der Waals surface area contributed by atoms with E-state index in [2.05, 4.69) is 47.5 Å². The molecule has 152 valence electrons. The lowest BCUT2D eigenvalue weighted by Gasteiger charge is -2.31. The van der Waals surface area contributed by atoms with Gasteiger partial charge in [-0.3, -0.25) is 14.5 Å². The van der Waals surface area contributed by atoms with Crippen molar-refractivity contribution in [3.05, 3.63) is 64.7 Å². The fourth-order valence-corrected chi connectivity index (χ4v) is 4.54. The highest BCUT2D eigenvalue weighted by atomic mass is 16.1. The summed E-state index contributed by atoms with van der Waals surface area (Å²) in [6.45, 7) is 4.91. The Morgan fingerprint density at radius 3 is 2.66 bits per heavy atom. The van der Waals surface area contributed by atoms with Crippen molar-refractivity contribution in [3.8, 4) is 0 Å². The number of nitrogens with zero attached hydrogens (tertiary/aromatic N) is 1. The van der Waals surface area contributed by atoms with Crippen molar-refractivity contribution in [2.45, 2.75) is 52.0 Å². The van der Waals surface area contributed by atoms with Gasteiger partial charge in [-0.15, -0.1) is 0 Å². The zero-order chi connectivity index (χ0) is 20.2. The van der Waals surface area contributed by atoms with Crippen molar-refractivity contribution in [2.24, 2.45) is 5.92 Å². The summed E-state index contributed by atoms with van der Waals surface area (Å²) in [6.07, 6.45) is 5.46.